The van der Waals surface area contributed by atoms with E-state index in [-0.39, 0.29) is 0 Å². The Morgan fingerprint density at radius 2 is 1.57 bits per heavy atom. The van der Waals surface area contributed by atoms with Gasteiger partial charge in [-0.1, -0.05) is 81.1 Å². The lowest BCUT2D eigenvalue weighted by Crippen LogP contribution is -2.24. The summed E-state index contributed by atoms with van der Waals surface area (Å²) in [5, 5.41) is 0. The Hall–Kier alpha value is 0. The van der Waals surface area contributed by atoms with Gasteiger partial charge in [0.05, 0.1) is 0 Å². The molecule has 0 spiro atoms. The molecule has 1 rings (SSSR count). The molecule has 0 aromatic heterocycles. The predicted octanol–water partition coefficient (Wildman–Crippen LogP) is 7.96. The normalized spacial score (nSPS) is 26.5. The van der Waals surface area contributed by atoms with Gasteiger partial charge in [0.2, 0.25) is 0 Å². The highest BCUT2D eigenvalue weighted by atomic mass is 14.4. The molecule has 0 aromatic rings. The van der Waals surface area contributed by atoms with Crippen LogP contribution in [-0.2, 0) is 0 Å². The lowest BCUT2D eigenvalue weighted by atomic mass is 9.71. The van der Waals surface area contributed by atoms with E-state index in [4.69, 9.17) is 0 Å². The van der Waals surface area contributed by atoms with Crippen LogP contribution in [0.4, 0.5) is 0 Å². The van der Waals surface area contributed by atoms with Crippen LogP contribution in [0.2, 0.25) is 0 Å². The van der Waals surface area contributed by atoms with E-state index in [0.717, 1.165) is 35.5 Å². The molecule has 5 atom stereocenters. The largest absolute Gasteiger partial charge is 0.0628 e. The maximum Gasteiger partial charge on any atom is -0.0328 e. The van der Waals surface area contributed by atoms with Crippen molar-refractivity contribution in [3.05, 3.63) is 0 Å². The summed E-state index contributed by atoms with van der Waals surface area (Å²) in [6.07, 6.45) is 11.5. The Labute approximate surface area is 148 Å². The molecule has 0 aliphatic heterocycles. The topological polar surface area (TPSA) is 0 Å². The second kappa shape index (κ2) is 9.47. The van der Waals surface area contributed by atoms with Crippen LogP contribution < -0.4 is 0 Å². The molecule has 0 N–H and O–H groups in total. The van der Waals surface area contributed by atoms with Crippen molar-refractivity contribution in [1.29, 1.82) is 0 Å². The molecule has 0 heterocycles. The van der Waals surface area contributed by atoms with Gasteiger partial charge >= 0.3 is 0 Å². The van der Waals surface area contributed by atoms with Gasteiger partial charge in [0.1, 0.15) is 0 Å². The number of hydrogen-bond acceptors (Lipinski definition) is 0. The molecular weight excluding hydrogens is 276 g/mol. The molecule has 1 aliphatic carbocycles. The third kappa shape index (κ3) is 7.18. The molecular formula is C23H46. The molecule has 5 unspecified atom stereocenters. The van der Waals surface area contributed by atoms with Gasteiger partial charge in [0, 0.05) is 0 Å². The standard InChI is InChI=1S/C23H46/c1-17(2)16-18(3)14-15-23(7,8)21(6)13-12-20(5)22-11-9-10-19(22)4/h17-22H,9-16H2,1-8H3. The average Bonchev–Trinajstić information content (AvgIpc) is 2.87. The van der Waals surface area contributed by atoms with Gasteiger partial charge < -0.3 is 0 Å². The zero-order chi connectivity index (χ0) is 17.6. The van der Waals surface area contributed by atoms with Crippen LogP contribution in [0, 0.1) is 40.9 Å². The van der Waals surface area contributed by atoms with Gasteiger partial charge in [-0.2, -0.15) is 0 Å². The van der Waals surface area contributed by atoms with Gasteiger partial charge in [-0.3, -0.25) is 0 Å². The molecule has 0 nitrogen and oxygen atoms in total. The van der Waals surface area contributed by atoms with Crippen LogP contribution in [0.25, 0.3) is 0 Å². The fourth-order valence-electron chi connectivity index (χ4n) is 4.92. The summed E-state index contributed by atoms with van der Waals surface area (Å²) in [5.74, 6) is 5.51. The van der Waals surface area contributed by atoms with Crippen LogP contribution in [0.15, 0.2) is 0 Å². The molecule has 138 valence electrons. The van der Waals surface area contributed by atoms with Crippen LogP contribution in [-0.4, -0.2) is 0 Å². The Morgan fingerprint density at radius 3 is 2.09 bits per heavy atom. The molecule has 0 aromatic carbocycles. The summed E-state index contributed by atoms with van der Waals surface area (Å²) in [7, 11) is 0. The Balaban J connectivity index is 2.34. The van der Waals surface area contributed by atoms with Crippen molar-refractivity contribution < 1.29 is 0 Å². The third-order valence-corrected chi connectivity index (χ3v) is 7.20. The van der Waals surface area contributed by atoms with E-state index in [1.807, 2.05) is 0 Å². The number of rotatable bonds is 10. The molecule has 23 heavy (non-hydrogen) atoms. The first-order valence-corrected chi connectivity index (χ1v) is 10.6. The van der Waals surface area contributed by atoms with Crippen molar-refractivity contribution in [2.45, 2.75) is 107 Å². The SMILES string of the molecule is CC(C)CC(C)CCC(C)(C)C(C)CCC(C)C1CCCC1C. The maximum absolute atomic E-state index is 2.52. The summed E-state index contributed by atoms with van der Waals surface area (Å²) in [6.45, 7) is 19.7. The number of hydrogen-bond donors (Lipinski definition) is 0. The average molecular weight is 323 g/mol. The Kier molecular flexibility index (Phi) is 8.67. The fourth-order valence-corrected chi connectivity index (χ4v) is 4.92. The minimum atomic E-state index is 0.506. The zero-order valence-corrected chi connectivity index (χ0v) is 17.6. The highest BCUT2D eigenvalue weighted by Crippen LogP contribution is 2.41. The second-order valence-corrected chi connectivity index (χ2v) is 10.3. The quantitative estimate of drug-likeness (QED) is 0.382. The highest BCUT2D eigenvalue weighted by Gasteiger charge is 2.30. The molecule has 1 fully saturated rings. The van der Waals surface area contributed by atoms with E-state index >= 15 is 0 Å². The molecule has 0 amide bonds. The van der Waals surface area contributed by atoms with Crippen molar-refractivity contribution in [1.82, 2.24) is 0 Å². The molecule has 0 saturated heterocycles. The molecule has 1 saturated carbocycles. The van der Waals surface area contributed by atoms with Crippen molar-refractivity contribution in [2.75, 3.05) is 0 Å². The van der Waals surface area contributed by atoms with Crippen LogP contribution in [0.5, 0.6) is 0 Å². The van der Waals surface area contributed by atoms with Crippen molar-refractivity contribution in [3.8, 4) is 0 Å². The first-order valence-electron chi connectivity index (χ1n) is 10.6. The van der Waals surface area contributed by atoms with E-state index in [1.165, 1.54) is 51.4 Å². The third-order valence-electron chi connectivity index (χ3n) is 7.20. The van der Waals surface area contributed by atoms with E-state index in [2.05, 4.69) is 55.4 Å². The molecule has 0 heteroatoms. The Morgan fingerprint density at radius 1 is 0.913 bits per heavy atom. The maximum atomic E-state index is 2.52. The van der Waals surface area contributed by atoms with Crippen LogP contribution in [0.1, 0.15) is 107 Å². The lowest BCUT2D eigenvalue weighted by Gasteiger charge is -2.34. The van der Waals surface area contributed by atoms with Gasteiger partial charge in [-0.25, -0.2) is 0 Å². The van der Waals surface area contributed by atoms with Crippen LogP contribution >= 0.6 is 0 Å². The van der Waals surface area contributed by atoms with Crippen molar-refractivity contribution >= 4 is 0 Å². The van der Waals surface area contributed by atoms with E-state index in [1.54, 1.807) is 0 Å². The predicted molar refractivity (Wildman–Crippen MR) is 106 cm³/mol. The van der Waals surface area contributed by atoms with Crippen LogP contribution in [0.3, 0.4) is 0 Å². The van der Waals surface area contributed by atoms with E-state index in [9.17, 15) is 0 Å². The van der Waals surface area contributed by atoms with E-state index < -0.39 is 0 Å². The summed E-state index contributed by atoms with van der Waals surface area (Å²) < 4.78 is 0. The van der Waals surface area contributed by atoms with Gasteiger partial charge in [-0.05, 0) is 66.6 Å². The van der Waals surface area contributed by atoms with Gasteiger partial charge in [0.25, 0.3) is 0 Å². The van der Waals surface area contributed by atoms with E-state index in [0.29, 0.717) is 5.41 Å². The zero-order valence-electron chi connectivity index (χ0n) is 17.6. The summed E-state index contributed by atoms with van der Waals surface area (Å²) in [5.41, 5.74) is 0.506. The van der Waals surface area contributed by atoms with Crippen molar-refractivity contribution in [3.63, 3.8) is 0 Å². The lowest BCUT2D eigenvalue weighted by molar-refractivity contribution is 0.162. The highest BCUT2D eigenvalue weighted by molar-refractivity contribution is 4.81. The molecule has 0 bridgehead atoms. The van der Waals surface area contributed by atoms with Gasteiger partial charge in [-0.15, -0.1) is 0 Å². The second-order valence-electron chi connectivity index (χ2n) is 10.3. The smallest absolute Gasteiger partial charge is 0.0328 e. The summed E-state index contributed by atoms with van der Waals surface area (Å²) in [6, 6.07) is 0. The minimum Gasteiger partial charge on any atom is -0.0628 e. The minimum absolute atomic E-state index is 0.506. The molecule has 0 radical (unpaired) electrons. The first-order chi connectivity index (χ1) is 10.6. The van der Waals surface area contributed by atoms with Crippen molar-refractivity contribution in [2.24, 2.45) is 40.9 Å². The van der Waals surface area contributed by atoms with Gasteiger partial charge in [0.15, 0.2) is 0 Å². The monoisotopic (exact) mass is 322 g/mol. The Bertz CT molecular complexity index is 314. The fraction of sp³-hybridized carbons (Fsp3) is 1.00. The first kappa shape index (κ1) is 21.0. The summed E-state index contributed by atoms with van der Waals surface area (Å²) in [4.78, 5) is 0. The summed E-state index contributed by atoms with van der Waals surface area (Å²) >= 11 is 0. The molecule has 1 aliphatic rings.